The first-order valence-electron chi connectivity index (χ1n) is 6.28. The molecule has 0 bridgehead atoms. The fourth-order valence-electron chi connectivity index (χ4n) is 1.42. The van der Waals surface area contributed by atoms with Crippen LogP contribution >= 0.6 is 23.1 Å². The van der Waals surface area contributed by atoms with Crippen molar-refractivity contribution < 1.29 is 13.9 Å². The van der Waals surface area contributed by atoms with Crippen LogP contribution < -0.4 is 10.1 Å². The molecule has 1 aromatic heterocycles. The third kappa shape index (κ3) is 4.68. The molecule has 1 atom stereocenters. The summed E-state index contributed by atoms with van der Waals surface area (Å²) in [6.45, 7) is 3.63. The Morgan fingerprint density at radius 1 is 1.43 bits per heavy atom. The van der Waals surface area contributed by atoms with E-state index in [4.69, 9.17) is 4.74 Å². The van der Waals surface area contributed by atoms with Crippen molar-refractivity contribution in [1.82, 2.24) is 10.2 Å². The van der Waals surface area contributed by atoms with Gasteiger partial charge in [0.15, 0.2) is 10.4 Å². The summed E-state index contributed by atoms with van der Waals surface area (Å²) in [5.74, 6) is 0.642. The lowest BCUT2D eigenvalue weighted by Crippen LogP contribution is -2.30. The molecule has 112 valence electrons. The predicted molar refractivity (Wildman–Crippen MR) is 81.4 cm³/mol. The fourth-order valence-corrected chi connectivity index (χ4v) is 3.07. The smallest absolute Gasteiger partial charge is 0.266 e. The van der Waals surface area contributed by atoms with E-state index in [9.17, 15) is 9.18 Å². The van der Waals surface area contributed by atoms with Gasteiger partial charge in [-0.05, 0) is 36.9 Å². The van der Waals surface area contributed by atoms with Crippen molar-refractivity contribution in [2.45, 2.75) is 24.3 Å². The lowest BCUT2D eigenvalue weighted by Gasteiger charge is -2.13. The molecule has 1 aromatic carbocycles. The Morgan fingerprint density at radius 2 is 2.14 bits per heavy atom. The standard InChI is InChI=1S/C13H14FN3O2S2/c1-3-20-13-17-16-12(21-13)15-11(18)8(2)19-10-6-4-9(14)5-7-10/h4-8H,3H2,1-2H3,(H,15,16,18). The Labute approximate surface area is 129 Å². The van der Waals surface area contributed by atoms with Crippen LogP contribution in [0.3, 0.4) is 0 Å². The summed E-state index contributed by atoms with van der Waals surface area (Å²) in [5.41, 5.74) is 0. The van der Waals surface area contributed by atoms with Gasteiger partial charge in [0.1, 0.15) is 11.6 Å². The number of hydrogen-bond donors (Lipinski definition) is 1. The van der Waals surface area contributed by atoms with Crippen LogP contribution in [-0.2, 0) is 4.79 Å². The summed E-state index contributed by atoms with van der Waals surface area (Å²) >= 11 is 2.88. The van der Waals surface area contributed by atoms with Gasteiger partial charge in [-0.25, -0.2) is 4.39 Å². The van der Waals surface area contributed by atoms with Crippen molar-refractivity contribution >= 4 is 34.1 Å². The number of ether oxygens (including phenoxy) is 1. The van der Waals surface area contributed by atoms with Crippen LogP contribution in [0.15, 0.2) is 28.6 Å². The molecule has 1 amide bonds. The maximum Gasteiger partial charge on any atom is 0.266 e. The van der Waals surface area contributed by atoms with Gasteiger partial charge in [0.05, 0.1) is 0 Å². The zero-order valence-corrected chi connectivity index (χ0v) is 13.1. The van der Waals surface area contributed by atoms with Crippen LogP contribution in [0.1, 0.15) is 13.8 Å². The van der Waals surface area contributed by atoms with Crippen LogP contribution in [0, 0.1) is 5.82 Å². The third-order valence-electron chi connectivity index (χ3n) is 2.40. The highest BCUT2D eigenvalue weighted by molar-refractivity contribution is 8.01. The largest absolute Gasteiger partial charge is 0.481 e. The minimum Gasteiger partial charge on any atom is -0.481 e. The summed E-state index contributed by atoms with van der Waals surface area (Å²) < 4.78 is 19.0. The Morgan fingerprint density at radius 3 is 2.81 bits per heavy atom. The monoisotopic (exact) mass is 327 g/mol. The van der Waals surface area contributed by atoms with Crippen molar-refractivity contribution in [3.63, 3.8) is 0 Å². The molecule has 0 aliphatic rings. The minimum absolute atomic E-state index is 0.330. The summed E-state index contributed by atoms with van der Waals surface area (Å²) in [5, 5.41) is 10.9. The normalized spacial score (nSPS) is 12.0. The number of nitrogens with one attached hydrogen (secondary N) is 1. The molecule has 0 aliphatic carbocycles. The first kappa shape index (κ1) is 15.7. The molecule has 0 radical (unpaired) electrons. The molecule has 8 heteroatoms. The Hall–Kier alpha value is -1.67. The summed E-state index contributed by atoms with van der Waals surface area (Å²) in [7, 11) is 0. The number of hydrogen-bond acceptors (Lipinski definition) is 6. The fraction of sp³-hybridized carbons (Fsp3) is 0.308. The van der Waals surface area contributed by atoms with Gasteiger partial charge in [-0.1, -0.05) is 30.0 Å². The number of nitrogens with zero attached hydrogens (tertiary/aromatic N) is 2. The van der Waals surface area contributed by atoms with E-state index in [1.807, 2.05) is 6.92 Å². The van der Waals surface area contributed by atoms with E-state index in [-0.39, 0.29) is 11.7 Å². The second-order valence-electron chi connectivity index (χ2n) is 4.01. The molecule has 0 spiro atoms. The van der Waals surface area contributed by atoms with Gasteiger partial charge < -0.3 is 4.74 Å². The van der Waals surface area contributed by atoms with Gasteiger partial charge >= 0.3 is 0 Å². The Kier molecular flexibility index (Phi) is 5.51. The highest BCUT2D eigenvalue weighted by atomic mass is 32.2. The molecule has 0 saturated heterocycles. The summed E-state index contributed by atoms with van der Waals surface area (Å²) in [6.07, 6.45) is -0.721. The summed E-state index contributed by atoms with van der Waals surface area (Å²) in [4.78, 5) is 12.0. The predicted octanol–water partition coefficient (Wildman–Crippen LogP) is 3.20. The molecule has 2 rings (SSSR count). The van der Waals surface area contributed by atoms with E-state index in [0.29, 0.717) is 10.9 Å². The molecule has 0 aliphatic heterocycles. The van der Waals surface area contributed by atoms with Crippen molar-refractivity contribution in [2.24, 2.45) is 0 Å². The van der Waals surface area contributed by atoms with Crippen LogP contribution in [0.25, 0.3) is 0 Å². The molecule has 0 saturated carbocycles. The third-order valence-corrected chi connectivity index (χ3v) is 4.25. The zero-order valence-electron chi connectivity index (χ0n) is 11.5. The van der Waals surface area contributed by atoms with Crippen molar-refractivity contribution in [1.29, 1.82) is 0 Å². The zero-order chi connectivity index (χ0) is 15.2. The second kappa shape index (κ2) is 7.37. The average Bonchev–Trinajstić information content (AvgIpc) is 2.89. The lowest BCUT2D eigenvalue weighted by molar-refractivity contribution is -0.122. The van der Waals surface area contributed by atoms with E-state index >= 15 is 0 Å². The Bertz CT molecular complexity index is 604. The van der Waals surface area contributed by atoms with Gasteiger partial charge in [0, 0.05) is 0 Å². The number of rotatable bonds is 6. The molecule has 1 unspecified atom stereocenters. The van der Waals surface area contributed by atoms with Crippen LogP contribution in [0.4, 0.5) is 9.52 Å². The number of halogens is 1. The lowest BCUT2D eigenvalue weighted by atomic mass is 10.3. The van der Waals surface area contributed by atoms with Crippen LogP contribution in [0.2, 0.25) is 0 Å². The minimum atomic E-state index is -0.721. The van der Waals surface area contributed by atoms with Crippen molar-refractivity contribution in [3.05, 3.63) is 30.1 Å². The van der Waals surface area contributed by atoms with E-state index in [2.05, 4.69) is 15.5 Å². The second-order valence-corrected chi connectivity index (χ2v) is 6.50. The van der Waals surface area contributed by atoms with Crippen LogP contribution in [-0.4, -0.2) is 28.0 Å². The molecular weight excluding hydrogens is 313 g/mol. The molecular formula is C13H14FN3O2S2. The van der Waals surface area contributed by atoms with E-state index < -0.39 is 6.10 Å². The molecule has 2 aromatic rings. The highest BCUT2D eigenvalue weighted by Crippen LogP contribution is 2.25. The number of amides is 1. The molecule has 1 heterocycles. The van der Waals surface area contributed by atoms with E-state index in [0.717, 1.165) is 10.1 Å². The van der Waals surface area contributed by atoms with E-state index in [1.54, 1.807) is 18.7 Å². The topological polar surface area (TPSA) is 64.1 Å². The number of aromatic nitrogens is 2. The first-order valence-corrected chi connectivity index (χ1v) is 8.08. The van der Waals surface area contributed by atoms with Crippen molar-refractivity contribution in [3.8, 4) is 5.75 Å². The van der Waals surface area contributed by atoms with Gasteiger partial charge in [-0.2, -0.15) is 0 Å². The van der Waals surface area contributed by atoms with Gasteiger partial charge in [0.2, 0.25) is 5.13 Å². The number of carbonyl (C=O) groups is 1. The first-order chi connectivity index (χ1) is 10.1. The number of thioether (sulfide) groups is 1. The average molecular weight is 327 g/mol. The van der Waals surface area contributed by atoms with Crippen LogP contribution in [0.5, 0.6) is 5.75 Å². The van der Waals surface area contributed by atoms with Gasteiger partial charge in [-0.3, -0.25) is 10.1 Å². The molecule has 21 heavy (non-hydrogen) atoms. The number of carbonyl (C=O) groups excluding carboxylic acids is 1. The highest BCUT2D eigenvalue weighted by Gasteiger charge is 2.17. The number of benzene rings is 1. The molecule has 1 N–H and O–H groups in total. The number of anilines is 1. The Balaban J connectivity index is 1.90. The maximum absolute atomic E-state index is 12.8. The van der Waals surface area contributed by atoms with Gasteiger partial charge in [0.25, 0.3) is 5.91 Å². The SMILES string of the molecule is CCSc1nnc(NC(=O)C(C)Oc2ccc(F)cc2)s1. The summed E-state index contributed by atoms with van der Waals surface area (Å²) in [6, 6.07) is 5.50. The van der Waals surface area contributed by atoms with E-state index in [1.165, 1.54) is 35.6 Å². The maximum atomic E-state index is 12.8. The van der Waals surface area contributed by atoms with Crippen molar-refractivity contribution in [2.75, 3.05) is 11.1 Å². The molecule has 0 fully saturated rings. The quantitative estimate of drug-likeness (QED) is 0.652. The molecule has 5 nitrogen and oxygen atoms in total. The van der Waals surface area contributed by atoms with Gasteiger partial charge in [-0.15, -0.1) is 10.2 Å².